The zero-order valence-electron chi connectivity index (χ0n) is 15.0. The molecule has 0 spiro atoms. The molecule has 1 amide bonds. The van der Waals surface area contributed by atoms with Crippen LogP contribution in [0.15, 0.2) is 41.5 Å². The topological polar surface area (TPSA) is 94.8 Å². The van der Waals surface area contributed by atoms with Gasteiger partial charge >= 0.3 is 0 Å². The van der Waals surface area contributed by atoms with Crippen molar-refractivity contribution < 1.29 is 9.53 Å². The molecule has 28 heavy (non-hydrogen) atoms. The summed E-state index contributed by atoms with van der Waals surface area (Å²) in [6, 6.07) is 5.43. The summed E-state index contributed by atoms with van der Waals surface area (Å²) in [4.78, 5) is 12.0. The first-order valence-electron chi connectivity index (χ1n) is 8.17. The Bertz CT molecular complexity index is 961. The van der Waals surface area contributed by atoms with Gasteiger partial charge in [0.2, 0.25) is 11.0 Å². The van der Waals surface area contributed by atoms with Crippen LogP contribution in [0, 0.1) is 6.92 Å². The van der Waals surface area contributed by atoms with Crippen molar-refractivity contribution in [2.75, 3.05) is 11.1 Å². The van der Waals surface area contributed by atoms with E-state index in [2.05, 4.69) is 32.3 Å². The molecule has 1 N–H and O–H groups in total. The number of benzene rings is 1. The summed E-state index contributed by atoms with van der Waals surface area (Å²) >= 11 is 8.51. The Morgan fingerprint density at radius 3 is 3.00 bits per heavy atom. The minimum atomic E-state index is -0.190. The molecule has 0 aliphatic heterocycles. The number of nitrogens with zero attached hydrogens (tertiary/aromatic N) is 5. The molecule has 8 nitrogen and oxygen atoms in total. The van der Waals surface area contributed by atoms with Crippen molar-refractivity contribution in [2.24, 2.45) is 0 Å². The van der Waals surface area contributed by atoms with Crippen molar-refractivity contribution in [1.82, 2.24) is 25.0 Å². The van der Waals surface area contributed by atoms with E-state index in [1.54, 1.807) is 17.7 Å². The van der Waals surface area contributed by atoms with Gasteiger partial charge in [0.25, 0.3) is 0 Å². The highest BCUT2D eigenvalue weighted by molar-refractivity contribution is 7.99. The van der Waals surface area contributed by atoms with E-state index in [4.69, 9.17) is 16.3 Å². The lowest BCUT2D eigenvalue weighted by Crippen LogP contribution is -2.15. The lowest BCUT2D eigenvalue weighted by molar-refractivity contribution is -0.113. The fourth-order valence-corrected chi connectivity index (χ4v) is 3.73. The van der Waals surface area contributed by atoms with E-state index in [1.165, 1.54) is 23.1 Å². The summed E-state index contributed by atoms with van der Waals surface area (Å²) in [5.41, 5.74) is 2.49. The second-order valence-electron chi connectivity index (χ2n) is 5.58. The minimum Gasteiger partial charge on any atom is -0.485 e. The summed E-state index contributed by atoms with van der Waals surface area (Å²) in [6.45, 7) is 6.44. The first kappa shape index (κ1) is 20.3. The third-order valence-corrected chi connectivity index (χ3v) is 5.35. The molecule has 2 heterocycles. The molecule has 0 aliphatic rings. The number of carbonyl (C=O) groups excluding carboxylic acids is 1. The second kappa shape index (κ2) is 9.67. The highest BCUT2D eigenvalue weighted by atomic mass is 35.5. The van der Waals surface area contributed by atoms with Crippen LogP contribution in [0.1, 0.15) is 11.4 Å². The van der Waals surface area contributed by atoms with Crippen LogP contribution in [0.3, 0.4) is 0 Å². The molecule has 0 saturated heterocycles. The van der Waals surface area contributed by atoms with Crippen molar-refractivity contribution in [2.45, 2.75) is 25.2 Å². The first-order valence-corrected chi connectivity index (χ1v) is 10.4. The maximum Gasteiger partial charge on any atom is 0.236 e. The number of anilines is 1. The highest BCUT2D eigenvalue weighted by Gasteiger charge is 2.15. The molecule has 0 radical (unpaired) electrons. The predicted octanol–water partition coefficient (Wildman–Crippen LogP) is 3.59. The largest absolute Gasteiger partial charge is 0.485 e. The monoisotopic (exact) mass is 436 g/mol. The summed E-state index contributed by atoms with van der Waals surface area (Å²) in [5.74, 6) is 1.35. The molecule has 0 unspecified atom stereocenters. The van der Waals surface area contributed by atoms with Crippen LogP contribution in [0.2, 0.25) is 5.02 Å². The van der Waals surface area contributed by atoms with Gasteiger partial charge in [-0.15, -0.1) is 27.0 Å². The normalized spacial score (nSPS) is 10.6. The van der Waals surface area contributed by atoms with E-state index < -0.39 is 0 Å². The average Bonchev–Trinajstić information content (AvgIpc) is 3.30. The number of hydrogen-bond donors (Lipinski definition) is 1. The van der Waals surface area contributed by atoms with Gasteiger partial charge in [-0.25, -0.2) is 0 Å². The summed E-state index contributed by atoms with van der Waals surface area (Å²) < 4.78 is 7.72. The zero-order valence-corrected chi connectivity index (χ0v) is 17.4. The number of aryl methyl sites for hydroxylation is 1. The van der Waals surface area contributed by atoms with Gasteiger partial charge < -0.3 is 4.74 Å². The number of nitrogens with one attached hydrogen (secondary N) is 1. The lowest BCUT2D eigenvalue weighted by Gasteiger charge is -2.11. The molecule has 3 rings (SSSR count). The average molecular weight is 437 g/mol. The van der Waals surface area contributed by atoms with Crippen LogP contribution < -0.4 is 10.1 Å². The molecule has 2 aromatic heterocycles. The Labute approximate surface area is 175 Å². The highest BCUT2D eigenvalue weighted by Crippen LogP contribution is 2.24. The van der Waals surface area contributed by atoms with Gasteiger partial charge in [0.15, 0.2) is 11.0 Å². The van der Waals surface area contributed by atoms with Gasteiger partial charge in [-0.05, 0) is 30.7 Å². The van der Waals surface area contributed by atoms with E-state index in [9.17, 15) is 4.79 Å². The Hall–Kier alpha value is -2.43. The maximum atomic E-state index is 12.0. The fraction of sp³-hybridized carbons (Fsp3) is 0.235. The lowest BCUT2D eigenvalue weighted by atomic mass is 10.2. The number of amides is 1. The van der Waals surface area contributed by atoms with Gasteiger partial charge in [-0.1, -0.05) is 40.8 Å². The summed E-state index contributed by atoms with van der Waals surface area (Å²) in [7, 11) is 0. The third-order valence-electron chi connectivity index (χ3n) is 3.54. The predicted molar refractivity (Wildman–Crippen MR) is 110 cm³/mol. The quantitative estimate of drug-likeness (QED) is 0.404. The van der Waals surface area contributed by atoms with E-state index in [0.29, 0.717) is 27.7 Å². The van der Waals surface area contributed by atoms with Gasteiger partial charge in [0.1, 0.15) is 17.9 Å². The number of allylic oxidation sites excluding steroid dienone is 1. The Morgan fingerprint density at radius 2 is 2.29 bits per heavy atom. The molecule has 0 saturated carbocycles. The summed E-state index contributed by atoms with van der Waals surface area (Å²) in [5, 5.41) is 20.2. The SMILES string of the molecule is C=CCn1c(COc2ccc(Cl)cc2C)nnc1SCC(=O)Nc1nncs1. The van der Waals surface area contributed by atoms with Crippen molar-refractivity contribution in [3.63, 3.8) is 0 Å². The van der Waals surface area contributed by atoms with Crippen LogP contribution in [0.4, 0.5) is 5.13 Å². The van der Waals surface area contributed by atoms with Gasteiger partial charge in [-0.3, -0.25) is 14.7 Å². The Balaban J connectivity index is 1.63. The molecular formula is C17H17ClN6O2S2. The molecule has 0 atom stereocenters. The van der Waals surface area contributed by atoms with Crippen molar-refractivity contribution in [3.05, 3.63) is 52.8 Å². The number of thioether (sulfide) groups is 1. The van der Waals surface area contributed by atoms with Gasteiger partial charge in [0.05, 0.1) is 5.75 Å². The van der Waals surface area contributed by atoms with Crippen LogP contribution in [0.25, 0.3) is 0 Å². The molecule has 1 aromatic carbocycles. The van der Waals surface area contributed by atoms with Crippen LogP contribution in [-0.4, -0.2) is 36.6 Å². The Morgan fingerprint density at radius 1 is 1.43 bits per heavy atom. The molecule has 146 valence electrons. The Kier molecular flexibility index (Phi) is 7.01. The standard InChI is InChI=1S/C17H17ClN6O2S2/c1-3-6-24-14(8-26-13-5-4-12(18)7-11(13)2)21-23-17(24)27-9-15(25)20-16-22-19-10-28-16/h3-5,7,10H,1,6,8-9H2,2H3,(H,20,22,25). The maximum absolute atomic E-state index is 12.0. The number of aromatic nitrogens is 5. The number of rotatable bonds is 9. The van der Waals surface area contributed by atoms with Crippen molar-refractivity contribution >= 4 is 45.7 Å². The molecule has 0 aliphatic carbocycles. The van der Waals surface area contributed by atoms with Crippen LogP contribution in [0.5, 0.6) is 5.75 Å². The van der Waals surface area contributed by atoms with Crippen LogP contribution in [-0.2, 0) is 17.9 Å². The summed E-state index contributed by atoms with van der Waals surface area (Å²) in [6.07, 6.45) is 1.74. The van der Waals surface area contributed by atoms with E-state index in [0.717, 1.165) is 11.3 Å². The smallest absolute Gasteiger partial charge is 0.236 e. The first-order chi connectivity index (χ1) is 13.6. The van der Waals surface area contributed by atoms with E-state index >= 15 is 0 Å². The van der Waals surface area contributed by atoms with E-state index in [1.807, 2.05) is 23.6 Å². The van der Waals surface area contributed by atoms with Crippen molar-refractivity contribution in [3.8, 4) is 5.75 Å². The van der Waals surface area contributed by atoms with E-state index in [-0.39, 0.29) is 18.3 Å². The second-order valence-corrected chi connectivity index (χ2v) is 7.79. The van der Waals surface area contributed by atoms with Gasteiger partial charge in [0, 0.05) is 11.6 Å². The fourth-order valence-electron chi connectivity index (χ4n) is 2.28. The van der Waals surface area contributed by atoms with Gasteiger partial charge in [-0.2, -0.15) is 0 Å². The number of ether oxygens (including phenoxy) is 1. The molecular weight excluding hydrogens is 420 g/mol. The number of hydrogen-bond acceptors (Lipinski definition) is 8. The molecule has 3 aromatic rings. The molecule has 11 heteroatoms. The van der Waals surface area contributed by atoms with Crippen LogP contribution >= 0.6 is 34.7 Å². The number of carbonyl (C=O) groups is 1. The van der Waals surface area contributed by atoms with Crippen molar-refractivity contribution in [1.29, 1.82) is 0 Å². The zero-order chi connectivity index (χ0) is 19.9. The molecule has 0 bridgehead atoms. The number of halogens is 1. The molecule has 0 fully saturated rings. The third kappa shape index (κ3) is 5.31. The minimum absolute atomic E-state index is 0.173.